The molecule has 37 heavy (non-hydrogen) atoms. The van der Waals surface area contributed by atoms with Crippen molar-refractivity contribution in [2.75, 3.05) is 26.7 Å². The van der Waals surface area contributed by atoms with E-state index in [1.54, 1.807) is 0 Å². The van der Waals surface area contributed by atoms with Gasteiger partial charge >= 0.3 is 5.97 Å². The molecule has 1 aromatic heterocycles. The van der Waals surface area contributed by atoms with E-state index in [-0.39, 0.29) is 18.0 Å². The molecule has 0 saturated carbocycles. The highest BCUT2D eigenvalue weighted by Crippen LogP contribution is 2.39. The zero-order valence-electron chi connectivity index (χ0n) is 21.7. The molecule has 0 amide bonds. The Hall–Kier alpha value is -2.54. The van der Waals surface area contributed by atoms with E-state index in [9.17, 15) is 4.79 Å². The first-order valence-electron chi connectivity index (χ1n) is 12.8. The van der Waals surface area contributed by atoms with Crippen LogP contribution in [0.2, 0.25) is 5.15 Å². The van der Waals surface area contributed by atoms with E-state index in [4.69, 9.17) is 32.7 Å². The Bertz CT molecular complexity index is 1370. The van der Waals surface area contributed by atoms with Gasteiger partial charge in [0.15, 0.2) is 5.15 Å². The lowest BCUT2D eigenvalue weighted by Gasteiger charge is -2.27. The van der Waals surface area contributed by atoms with Crippen LogP contribution >= 0.6 is 23.2 Å². The number of esters is 1. The summed E-state index contributed by atoms with van der Waals surface area (Å²) in [5.41, 5.74) is 5.02. The number of aromatic amines is 1. The zero-order chi connectivity index (χ0) is 26.3. The number of carbonyl (C=O) groups excluding carboxylic acids is 1. The molecule has 2 unspecified atom stereocenters. The van der Waals surface area contributed by atoms with Crippen LogP contribution in [0.25, 0.3) is 15.9 Å². The fourth-order valence-electron chi connectivity index (χ4n) is 5.59. The van der Waals surface area contributed by atoms with E-state index >= 15 is 0 Å². The molecule has 196 valence electrons. The van der Waals surface area contributed by atoms with Crippen LogP contribution in [0, 0.1) is 11.3 Å². The summed E-state index contributed by atoms with van der Waals surface area (Å²) >= 11 is 13.2. The maximum Gasteiger partial charge on any atom is 0.312 e. The molecule has 8 heteroatoms. The van der Waals surface area contributed by atoms with Crippen molar-refractivity contribution in [1.29, 1.82) is 0 Å². The maximum absolute atomic E-state index is 12.2. The molecule has 1 fully saturated rings. The molecule has 1 N–H and O–H groups in total. The van der Waals surface area contributed by atoms with Crippen molar-refractivity contribution >= 4 is 45.1 Å². The second-order valence-corrected chi connectivity index (χ2v) is 11.6. The first-order chi connectivity index (χ1) is 17.7. The maximum atomic E-state index is 12.2. The number of nitrogens with one attached hydrogen (secondary N) is 1. The Morgan fingerprint density at radius 1 is 1.19 bits per heavy atom. The highest BCUT2D eigenvalue weighted by atomic mass is 35.5. The Morgan fingerprint density at radius 2 is 2.00 bits per heavy atom. The van der Waals surface area contributed by atoms with E-state index in [1.165, 1.54) is 18.2 Å². The minimum atomic E-state index is -0.443. The molecule has 2 aromatic carbocycles. The third-order valence-corrected chi connectivity index (χ3v) is 8.46. The van der Waals surface area contributed by atoms with E-state index in [2.05, 4.69) is 53.2 Å². The van der Waals surface area contributed by atoms with E-state index in [0.29, 0.717) is 11.7 Å². The second-order valence-electron chi connectivity index (χ2n) is 10.9. The number of nitrogens with zero attached hydrogens (tertiary/aromatic N) is 2. The van der Waals surface area contributed by atoms with Crippen LogP contribution in [-0.4, -0.2) is 47.8 Å². The summed E-state index contributed by atoms with van der Waals surface area (Å²) in [4.78, 5) is 14.5. The minimum Gasteiger partial charge on any atom is -0.485 e. The number of methoxy groups -OCH3 is 1. The summed E-state index contributed by atoms with van der Waals surface area (Å²) in [6.45, 7) is 8.63. The second kappa shape index (κ2) is 10.3. The number of benzene rings is 2. The van der Waals surface area contributed by atoms with Crippen molar-refractivity contribution in [3.05, 3.63) is 63.8 Å². The van der Waals surface area contributed by atoms with Crippen LogP contribution < -0.4 is 4.74 Å². The Labute approximate surface area is 227 Å². The predicted molar refractivity (Wildman–Crippen MR) is 148 cm³/mol. The van der Waals surface area contributed by atoms with E-state index in [0.717, 1.165) is 65.2 Å². The fraction of sp³-hybridized carbons (Fsp3) is 0.448. The average Bonchev–Trinajstić information content (AvgIpc) is 3.46. The number of halogens is 2. The largest absolute Gasteiger partial charge is 0.485 e. The molecular weight excluding hydrogens is 509 g/mol. The van der Waals surface area contributed by atoms with Gasteiger partial charge in [0.1, 0.15) is 11.9 Å². The molecule has 1 saturated heterocycles. The molecule has 6 nitrogen and oxygen atoms in total. The number of rotatable bonds is 7. The van der Waals surface area contributed by atoms with Crippen molar-refractivity contribution in [1.82, 2.24) is 15.1 Å². The van der Waals surface area contributed by atoms with Crippen LogP contribution in [-0.2, 0) is 16.0 Å². The molecule has 1 aliphatic heterocycles. The van der Waals surface area contributed by atoms with E-state index in [1.807, 2.05) is 19.1 Å². The fourth-order valence-corrected chi connectivity index (χ4v) is 6.12. The molecule has 1 aliphatic carbocycles. The van der Waals surface area contributed by atoms with Crippen LogP contribution in [0.1, 0.15) is 56.4 Å². The number of carbonyl (C=O) groups is 1. The van der Waals surface area contributed by atoms with Crippen molar-refractivity contribution < 1.29 is 14.3 Å². The SMILES string of the molecule is COC(=O)C1(C)CCN(CC2=C(Cl)c3ccc(OC(c4ccc5[nH]nc(Cl)c5c4)C(C)C)cc3CC2)C1. The zero-order valence-corrected chi connectivity index (χ0v) is 23.2. The molecule has 3 aromatic rings. The number of aromatic nitrogens is 2. The lowest BCUT2D eigenvalue weighted by Crippen LogP contribution is -2.33. The highest BCUT2D eigenvalue weighted by molar-refractivity contribution is 6.49. The number of H-pyrrole nitrogens is 1. The smallest absolute Gasteiger partial charge is 0.312 e. The molecule has 2 aliphatic rings. The third kappa shape index (κ3) is 5.12. The topological polar surface area (TPSA) is 67.4 Å². The quantitative estimate of drug-likeness (QED) is 0.334. The van der Waals surface area contributed by atoms with Crippen LogP contribution in [0.15, 0.2) is 42.0 Å². The Kier molecular flexibility index (Phi) is 7.27. The molecule has 0 spiro atoms. The molecule has 5 rings (SSSR count). The molecule has 2 atom stereocenters. The number of aryl methyl sites for hydroxylation is 1. The van der Waals surface area contributed by atoms with Crippen LogP contribution in [0.5, 0.6) is 5.75 Å². The minimum absolute atomic E-state index is 0.127. The number of ether oxygens (including phenoxy) is 2. The first-order valence-corrected chi connectivity index (χ1v) is 13.6. The van der Waals surface area contributed by atoms with Crippen molar-refractivity contribution in [3.63, 3.8) is 0 Å². The summed E-state index contributed by atoms with van der Waals surface area (Å²) in [6, 6.07) is 12.3. The summed E-state index contributed by atoms with van der Waals surface area (Å²) in [5, 5.41) is 9.22. The van der Waals surface area contributed by atoms with Gasteiger partial charge in [-0.2, -0.15) is 5.10 Å². The summed E-state index contributed by atoms with van der Waals surface area (Å²) in [5.74, 6) is 0.951. The van der Waals surface area contributed by atoms with Crippen molar-refractivity contribution in [2.45, 2.75) is 46.1 Å². The van der Waals surface area contributed by atoms with E-state index < -0.39 is 5.41 Å². The first kappa shape index (κ1) is 26.1. The van der Waals surface area contributed by atoms with Gasteiger partial charge < -0.3 is 9.47 Å². The summed E-state index contributed by atoms with van der Waals surface area (Å²) in [6.07, 6.45) is 2.48. The van der Waals surface area contributed by atoms with Gasteiger partial charge in [0, 0.05) is 23.5 Å². The van der Waals surface area contributed by atoms with Gasteiger partial charge in [-0.05, 0) is 91.2 Å². The lowest BCUT2D eigenvalue weighted by atomic mass is 9.90. The Balaban J connectivity index is 1.33. The molecule has 0 bridgehead atoms. The number of hydrogen-bond acceptors (Lipinski definition) is 5. The number of hydrogen-bond donors (Lipinski definition) is 1. The normalized spacial score (nSPS) is 20.9. The predicted octanol–water partition coefficient (Wildman–Crippen LogP) is 6.77. The molecular formula is C29H33Cl2N3O3. The van der Waals surface area contributed by atoms with Gasteiger partial charge in [-0.1, -0.05) is 43.1 Å². The van der Waals surface area contributed by atoms with Crippen molar-refractivity contribution in [2.24, 2.45) is 11.3 Å². The van der Waals surface area contributed by atoms with Crippen LogP contribution in [0.4, 0.5) is 0 Å². The van der Waals surface area contributed by atoms with Gasteiger partial charge in [-0.15, -0.1) is 0 Å². The molecule has 2 heterocycles. The van der Waals surface area contributed by atoms with Gasteiger partial charge in [0.25, 0.3) is 0 Å². The molecule has 0 radical (unpaired) electrons. The summed E-state index contributed by atoms with van der Waals surface area (Å²) < 4.78 is 11.6. The standard InChI is InChI=1S/C29H33Cl2N3O3/c1-17(2)26(19-7-10-24-23(14-19)27(31)33-32-24)37-21-8-9-22-18(13-21)5-6-20(25(22)30)15-34-12-11-29(3,16-34)28(35)36-4/h7-10,13-14,17,26H,5-6,11-12,15-16H2,1-4H3,(H,32,33). The number of likely N-dealkylation sites (tertiary alicyclic amines) is 1. The summed E-state index contributed by atoms with van der Waals surface area (Å²) in [7, 11) is 1.46. The lowest BCUT2D eigenvalue weighted by molar-refractivity contribution is -0.150. The van der Waals surface area contributed by atoms with Crippen LogP contribution in [0.3, 0.4) is 0 Å². The van der Waals surface area contributed by atoms with Gasteiger partial charge in [-0.25, -0.2) is 0 Å². The monoisotopic (exact) mass is 541 g/mol. The Morgan fingerprint density at radius 3 is 2.76 bits per heavy atom. The highest BCUT2D eigenvalue weighted by Gasteiger charge is 2.41. The van der Waals surface area contributed by atoms with Gasteiger partial charge in [0.05, 0.1) is 18.0 Å². The van der Waals surface area contributed by atoms with Gasteiger partial charge in [0.2, 0.25) is 0 Å². The van der Waals surface area contributed by atoms with Gasteiger partial charge in [-0.3, -0.25) is 14.8 Å². The van der Waals surface area contributed by atoms with Crippen molar-refractivity contribution in [3.8, 4) is 5.75 Å². The third-order valence-electron chi connectivity index (χ3n) is 7.70. The number of fused-ring (bicyclic) bond motifs is 2. The average molecular weight is 543 g/mol.